The summed E-state index contributed by atoms with van der Waals surface area (Å²) in [6.45, 7) is 0. The normalized spacial score (nSPS) is 11.8. The minimum Gasteiger partial charge on any atom is -0.307 e. The van der Waals surface area contributed by atoms with Crippen LogP contribution in [-0.4, -0.2) is 9.13 Å². The van der Waals surface area contributed by atoms with Gasteiger partial charge in [-0.1, -0.05) is 133 Å². The zero-order chi connectivity index (χ0) is 41.1. The van der Waals surface area contributed by atoms with Gasteiger partial charge in [0.25, 0.3) is 0 Å². The van der Waals surface area contributed by atoms with Gasteiger partial charge in [0.05, 0.1) is 44.6 Å². The fraction of sp³-hybridized carbons (Fsp3) is 0. The summed E-state index contributed by atoms with van der Waals surface area (Å²) < 4.78 is 9.14. The van der Waals surface area contributed by atoms with E-state index in [2.05, 4.69) is 203 Å². The molecule has 4 aromatic heterocycles. The summed E-state index contributed by atoms with van der Waals surface area (Å²) >= 11 is 3.50. The van der Waals surface area contributed by atoms with Crippen molar-refractivity contribution in [1.82, 2.24) is 9.13 Å². The van der Waals surface area contributed by atoms with Gasteiger partial charge in [-0.3, -0.25) is 0 Å². The van der Waals surface area contributed by atoms with Crippen LogP contribution in [0.15, 0.2) is 182 Å². The molecule has 4 heterocycles. The van der Waals surface area contributed by atoms with Gasteiger partial charge in [0, 0.05) is 73.0 Å². The molecule has 286 valence electrons. The van der Waals surface area contributed by atoms with Crippen LogP contribution in [0.5, 0.6) is 0 Å². The Morgan fingerprint density at radius 2 is 0.629 bits per heavy atom. The van der Waals surface area contributed by atoms with E-state index >= 15 is 0 Å². The number of rotatable bonds is 4. The molecule has 0 bridgehead atoms. The maximum Gasteiger partial charge on any atom is 0.102 e. The van der Waals surface area contributed by atoms with Gasteiger partial charge in [0.2, 0.25) is 0 Å². The summed E-state index contributed by atoms with van der Waals surface area (Å²) in [7, 11) is 0. The van der Waals surface area contributed by atoms with Gasteiger partial charge < -0.3 is 9.13 Å². The van der Waals surface area contributed by atoms with Gasteiger partial charge in [-0.15, -0.1) is 22.7 Å². The molecule has 0 aliphatic heterocycles. The van der Waals surface area contributed by atoms with Crippen molar-refractivity contribution in [3.05, 3.63) is 193 Å². The maximum atomic E-state index is 12.0. The molecular weight excluding hydrogens is 793 g/mol. The van der Waals surface area contributed by atoms with E-state index in [1.807, 2.05) is 0 Å². The first-order valence-electron chi connectivity index (χ1n) is 20.5. The first-order chi connectivity index (χ1) is 30.7. The molecule has 0 spiro atoms. The van der Waals surface area contributed by atoms with Crippen molar-refractivity contribution in [2.24, 2.45) is 0 Å². The van der Waals surface area contributed by atoms with Crippen LogP contribution in [0.4, 0.5) is 0 Å². The zero-order valence-electron chi connectivity index (χ0n) is 32.9. The monoisotopic (exact) mass is 822 g/mol. The number of nitrogens with zero attached hydrogens (tertiary/aromatic N) is 4. The lowest BCUT2D eigenvalue weighted by Gasteiger charge is -2.25. The Balaban J connectivity index is 1.28. The van der Waals surface area contributed by atoms with Crippen LogP contribution in [0.2, 0.25) is 0 Å². The quantitative estimate of drug-likeness (QED) is 0.178. The number of nitriles is 2. The minimum atomic E-state index is 0.499. The Morgan fingerprint density at radius 3 is 0.984 bits per heavy atom. The van der Waals surface area contributed by atoms with Gasteiger partial charge in [-0.25, -0.2) is 0 Å². The van der Waals surface area contributed by atoms with Crippen LogP contribution >= 0.6 is 22.7 Å². The lowest BCUT2D eigenvalue weighted by atomic mass is 9.86. The largest absolute Gasteiger partial charge is 0.307 e. The van der Waals surface area contributed by atoms with E-state index in [0.717, 1.165) is 75.3 Å². The summed E-state index contributed by atoms with van der Waals surface area (Å²) in [4.78, 5) is 0. The summed E-state index contributed by atoms with van der Waals surface area (Å²) in [6, 6.07) is 69.4. The van der Waals surface area contributed by atoms with E-state index < -0.39 is 0 Å². The van der Waals surface area contributed by atoms with Gasteiger partial charge in [0.15, 0.2) is 0 Å². The fourth-order valence-electron chi connectivity index (χ4n) is 10.0. The highest BCUT2D eigenvalue weighted by Gasteiger charge is 2.32. The molecule has 0 aliphatic rings. The molecule has 0 unspecified atom stereocenters. The van der Waals surface area contributed by atoms with Crippen LogP contribution in [0.25, 0.3) is 118 Å². The minimum absolute atomic E-state index is 0.499. The second-order valence-electron chi connectivity index (χ2n) is 15.8. The van der Waals surface area contributed by atoms with Crippen molar-refractivity contribution in [1.29, 1.82) is 10.5 Å². The molecule has 4 nitrogen and oxygen atoms in total. The first-order valence-corrected chi connectivity index (χ1v) is 22.2. The standard InChI is InChI=1S/C56H30N4S2/c57-31-43-54(34-26-28-42-40-18-6-12-24-50(40)62-52(42)30-34)56(60-47-21-9-3-15-37(47)38-16-4-10-22-48(38)60)44(32-58)53(33-25-27-41-39-17-5-11-23-49(39)61-51(41)29-33)55(43)59-45-19-7-1-13-35(45)36-14-2-8-20-46(36)59/h1-30H. The second-order valence-corrected chi connectivity index (χ2v) is 17.9. The Bertz CT molecular complexity index is 3770. The van der Waals surface area contributed by atoms with E-state index in [0.29, 0.717) is 22.5 Å². The van der Waals surface area contributed by atoms with Crippen molar-refractivity contribution in [2.45, 2.75) is 0 Å². The molecule has 0 saturated carbocycles. The number of aromatic nitrogens is 2. The van der Waals surface area contributed by atoms with Crippen molar-refractivity contribution in [3.63, 3.8) is 0 Å². The fourth-order valence-corrected chi connectivity index (χ4v) is 12.3. The van der Waals surface area contributed by atoms with E-state index in [1.165, 1.54) is 30.9 Å². The van der Waals surface area contributed by atoms with Crippen LogP contribution in [0.3, 0.4) is 0 Å². The number of thiophene rings is 2. The summed E-state index contributed by atoms with van der Waals surface area (Å²) in [6.07, 6.45) is 0. The predicted octanol–water partition coefficient (Wildman–Crippen LogP) is 15.7. The van der Waals surface area contributed by atoms with Crippen molar-refractivity contribution >= 4 is 107 Å². The van der Waals surface area contributed by atoms with Crippen molar-refractivity contribution in [3.8, 4) is 45.8 Å². The first kappa shape index (κ1) is 34.8. The van der Waals surface area contributed by atoms with Gasteiger partial charge in [0.1, 0.15) is 12.1 Å². The summed E-state index contributed by atoms with van der Waals surface area (Å²) in [5.74, 6) is 0. The number of hydrogen-bond acceptors (Lipinski definition) is 4. The van der Waals surface area contributed by atoms with Crippen LogP contribution in [0.1, 0.15) is 11.1 Å². The summed E-state index contributed by atoms with van der Waals surface area (Å²) in [5.41, 5.74) is 9.45. The molecule has 0 aliphatic carbocycles. The van der Waals surface area contributed by atoms with Crippen LogP contribution in [-0.2, 0) is 0 Å². The summed E-state index contributed by atoms with van der Waals surface area (Å²) in [5, 5.41) is 33.1. The molecule has 13 aromatic rings. The molecule has 62 heavy (non-hydrogen) atoms. The van der Waals surface area contributed by atoms with Crippen LogP contribution in [0, 0.1) is 22.7 Å². The topological polar surface area (TPSA) is 57.4 Å². The lowest BCUT2D eigenvalue weighted by Crippen LogP contribution is -2.11. The highest BCUT2D eigenvalue weighted by atomic mass is 32.1. The van der Waals surface area contributed by atoms with Crippen molar-refractivity contribution in [2.75, 3.05) is 0 Å². The molecule has 0 radical (unpaired) electrons. The molecule has 6 heteroatoms. The Labute approximate surface area is 363 Å². The molecule has 9 aromatic carbocycles. The molecule has 0 N–H and O–H groups in total. The van der Waals surface area contributed by atoms with E-state index in [-0.39, 0.29) is 0 Å². The third-order valence-electron chi connectivity index (χ3n) is 12.6. The smallest absolute Gasteiger partial charge is 0.102 e. The van der Waals surface area contributed by atoms with E-state index in [9.17, 15) is 10.5 Å². The third-order valence-corrected chi connectivity index (χ3v) is 14.9. The van der Waals surface area contributed by atoms with Crippen molar-refractivity contribution < 1.29 is 0 Å². The lowest BCUT2D eigenvalue weighted by molar-refractivity contribution is 1.13. The molecular formula is C56H30N4S2. The molecule has 0 amide bonds. The SMILES string of the molecule is N#Cc1c(-c2ccc3c(c2)sc2ccccc23)c(-n2c3ccccc3c3ccccc32)c(C#N)c(-c2ccc3c(c2)sc2ccccc23)c1-n1c2ccccc2c2ccccc21. The van der Waals surface area contributed by atoms with E-state index in [4.69, 9.17) is 0 Å². The Morgan fingerprint density at radius 1 is 0.323 bits per heavy atom. The Hall–Kier alpha value is -8.00. The number of hydrogen-bond donors (Lipinski definition) is 0. The average Bonchev–Trinajstić information content (AvgIpc) is 4.08. The maximum absolute atomic E-state index is 12.0. The highest BCUT2D eigenvalue weighted by Crippen LogP contribution is 2.50. The highest BCUT2D eigenvalue weighted by molar-refractivity contribution is 7.26. The van der Waals surface area contributed by atoms with Crippen LogP contribution < -0.4 is 0 Å². The predicted molar refractivity (Wildman–Crippen MR) is 261 cm³/mol. The molecule has 13 rings (SSSR count). The second kappa shape index (κ2) is 13.3. The third kappa shape index (κ3) is 4.79. The van der Waals surface area contributed by atoms with E-state index in [1.54, 1.807) is 22.7 Å². The van der Waals surface area contributed by atoms with Gasteiger partial charge in [-0.2, -0.15) is 10.5 Å². The number of benzene rings is 9. The Kier molecular flexibility index (Phi) is 7.44. The van der Waals surface area contributed by atoms with Gasteiger partial charge >= 0.3 is 0 Å². The number of fused-ring (bicyclic) bond motifs is 12. The zero-order valence-corrected chi connectivity index (χ0v) is 34.6. The average molecular weight is 823 g/mol. The number of para-hydroxylation sites is 4. The molecule has 0 saturated heterocycles. The van der Waals surface area contributed by atoms with Gasteiger partial charge in [-0.05, 0) is 59.7 Å². The molecule has 0 fully saturated rings. The molecule has 0 atom stereocenters.